The third-order valence-electron chi connectivity index (χ3n) is 3.67. The summed E-state index contributed by atoms with van der Waals surface area (Å²) in [5.74, 6) is 1.26. The van der Waals surface area contributed by atoms with Crippen LogP contribution < -0.4 is 10.6 Å². The summed E-state index contributed by atoms with van der Waals surface area (Å²) in [6.45, 7) is 2.75. The summed E-state index contributed by atoms with van der Waals surface area (Å²) in [5, 5.41) is 16.5. The number of aliphatic hydroxyl groups is 1. The fourth-order valence-electron chi connectivity index (χ4n) is 2.63. The van der Waals surface area contributed by atoms with Crippen molar-refractivity contribution in [1.29, 1.82) is 0 Å². The van der Waals surface area contributed by atoms with Gasteiger partial charge in [-0.1, -0.05) is 12.8 Å². The van der Waals surface area contributed by atoms with Crippen LogP contribution in [0.15, 0.2) is 6.33 Å². The minimum Gasteiger partial charge on any atom is -0.391 e. The van der Waals surface area contributed by atoms with Crippen molar-refractivity contribution in [2.24, 2.45) is 0 Å². The van der Waals surface area contributed by atoms with Gasteiger partial charge in [-0.15, -0.1) is 0 Å². The van der Waals surface area contributed by atoms with E-state index in [9.17, 15) is 5.11 Å². The number of aromatic nitrogens is 4. The lowest BCUT2D eigenvalue weighted by atomic mass is 9.92. The standard InChI is InChI=1S/C13H20N6O/c1-2-14-13-18-11-10(15-7-16-11)12(19-13)17-8-5-3-4-6-9(8)20/h7-9,20H,2-6H2,1H3,(H3,14,15,16,17,18,19). The van der Waals surface area contributed by atoms with E-state index in [1.54, 1.807) is 6.33 Å². The quantitative estimate of drug-likeness (QED) is 0.675. The van der Waals surface area contributed by atoms with Gasteiger partial charge in [0, 0.05) is 6.54 Å². The second-order valence-corrected chi connectivity index (χ2v) is 5.13. The molecule has 1 aliphatic rings. The minimum absolute atomic E-state index is 0.0413. The lowest BCUT2D eigenvalue weighted by Crippen LogP contribution is -2.36. The van der Waals surface area contributed by atoms with Crippen LogP contribution in [0, 0.1) is 0 Å². The van der Waals surface area contributed by atoms with Crippen molar-refractivity contribution in [3.8, 4) is 0 Å². The number of nitrogens with zero attached hydrogens (tertiary/aromatic N) is 3. The molecule has 3 rings (SSSR count). The third-order valence-corrected chi connectivity index (χ3v) is 3.67. The number of hydrogen-bond donors (Lipinski definition) is 4. The molecule has 1 saturated carbocycles. The lowest BCUT2D eigenvalue weighted by Gasteiger charge is -2.28. The van der Waals surface area contributed by atoms with Crippen LogP contribution in [0.4, 0.5) is 11.8 Å². The Morgan fingerprint density at radius 3 is 3.00 bits per heavy atom. The molecular formula is C13H20N6O. The zero-order valence-electron chi connectivity index (χ0n) is 11.6. The van der Waals surface area contributed by atoms with E-state index in [0.717, 1.165) is 37.7 Å². The number of aromatic amines is 1. The van der Waals surface area contributed by atoms with Crippen molar-refractivity contribution in [2.45, 2.75) is 44.8 Å². The average molecular weight is 276 g/mol. The number of anilines is 2. The summed E-state index contributed by atoms with van der Waals surface area (Å²) in [6, 6.07) is 0.0413. The molecular weight excluding hydrogens is 256 g/mol. The van der Waals surface area contributed by atoms with E-state index in [4.69, 9.17) is 0 Å². The zero-order valence-corrected chi connectivity index (χ0v) is 11.6. The summed E-state index contributed by atoms with van der Waals surface area (Å²) >= 11 is 0. The van der Waals surface area contributed by atoms with Crippen LogP contribution in [-0.2, 0) is 0 Å². The normalized spacial score (nSPS) is 22.9. The molecule has 108 valence electrons. The maximum atomic E-state index is 10.1. The molecule has 2 unspecified atom stereocenters. The molecule has 0 bridgehead atoms. The molecule has 0 amide bonds. The van der Waals surface area contributed by atoms with Crippen LogP contribution in [0.3, 0.4) is 0 Å². The number of fused-ring (bicyclic) bond motifs is 1. The number of hydrogen-bond acceptors (Lipinski definition) is 6. The van der Waals surface area contributed by atoms with Gasteiger partial charge in [-0.3, -0.25) is 0 Å². The molecule has 7 nitrogen and oxygen atoms in total. The molecule has 1 aliphatic carbocycles. The van der Waals surface area contributed by atoms with Crippen LogP contribution in [0.2, 0.25) is 0 Å². The molecule has 2 aromatic heterocycles. The number of rotatable bonds is 4. The van der Waals surface area contributed by atoms with E-state index < -0.39 is 0 Å². The van der Waals surface area contributed by atoms with Crippen LogP contribution in [-0.4, -0.2) is 43.7 Å². The molecule has 0 spiro atoms. The van der Waals surface area contributed by atoms with Crippen molar-refractivity contribution in [3.63, 3.8) is 0 Å². The van der Waals surface area contributed by atoms with E-state index in [1.165, 1.54) is 0 Å². The molecule has 7 heteroatoms. The Morgan fingerprint density at radius 2 is 2.20 bits per heavy atom. The van der Waals surface area contributed by atoms with Crippen LogP contribution in [0.5, 0.6) is 0 Å². The second-order valence-electron chi connectivity index (χ2n) is 5.13. The molecule has 1 fully saturated rings. The van der Waals surface area contributed by atoms with Gasteiger partial charge in [0.15, 0.2) is 11.5 Å². The van der Waals surface area contributed by atoms with Crippen molar-refractivity contribution in [1.82, 2.24) is 19.9 Å². The Morgan fingerprint density at radius 1 is 1.35 bits per heavy atom. The fourth-order valence-corrected chi connectivity index (χ4v) is 2.63. The highest BCUT2D eigenvalue weighted by molar-refractivity contribution is 5.83. The summed E-state index contributed by atoms with van der Waals surface area (Å²) in [4.78, 5) is 16.0. The highest BCUT2D eigenvalue weighted by Crippen LogP contribution is 2.25. The summed E-state index contributed by atoms with van der Waals surface area (Å²) in [5.41, 5.74) is 1.41. The second kappa shape index (κ2) is 5.62. The first kappa shape index (κ1) is 13.1. The van der Waals surface area contributed by atoms with E-state index >= 15 is 0 Å². The number of imidazole rings is 1. The van der Waals surface area contributed by atoms with Crippen molar-refractivity contribution >= 4 is 22.9 Å². The van der Waals surface area contributed by atoms with E-state index in [1.807, 2.05) is 6.92 Å². The van der Waals surface area contributed by atoms with Gasteiger partial charge in [0.2, 0.25) is 5.95 Å². The van der Waals surface area contributed by atoms with Crippen LogP contribution >= 0.6 is 0 Å². The molecule has 0 radical (unpaired) electrons. The van der Waals surface area contributed by atoms with Gasteiger partial charge in [-0.2, -0.15) is 9.97 Å². The Bertz CT molecular complexity index is 583. The fraction of sp³-hybridized carbons (Fsp3) is 0.615. The molecule has 2 heterocycles. The summed E-state index contributed by atoms with van der Waals surface area (Å²) in [7, 11) is 0. The van der Waals surface area contributed by atoms with Gasteiger partial charge in [0.05, 0.1) is 18.5 Å². The predicted octanol–water partition coefficient (Wildman–Crippen LogP) is 1.50. The summed E-state index contributed by atoms with van der Waals surface area (Å²) < 4.78 is 0. The molecule has 0 aliphatic heterocycles. The zero-order chi connectivity index (χ0) is 13.9. The Hall–Kier alpha value is -1.89. The van der Waals surface area contributed by atoms with Gasteiger partial charge in [-0.25, -0.2) is 4.98 Å². The topological polar surface area (TPSA) is 98.8 Å². The van der Waals surface area contributed by atoms with E-state index in [0.29, 0.717) is 17.4 Å². The first-order valence-electron chi connectivity index (χ1n) is 7.17. The molecule has 0 aromatic carbocycles. The monoisotopic (exact) mass is 276 g/mol. The van der Waals surface area contributed by atoms with Gasteiger partial charge in [0.1, 0.15) is 5.52 Å². The van der Waals surface area contributed by atoms with E-state index in [-0.39, 0.29) is 12.1 Å². The SMILES string of the molecule is CCNc1nc(NC2CCCCC2O)c2[nH]cnc2n1. The maximum absolute atomic E-state index is 10.1. The Labute approximate surface area is 117 Å². The average Bonchev–Trinajstić information content (AvgIpc) is 2.90. The number of H-pyrrole nitrogens is 1. The van der Waals surface area contributed by atoms with Crippen molar-refractivity contribution in [2.75, 3.05) is 17.2 Å². The highest BCUT2D eigenvalue weighted by atomic mass is 16.3. The van der Waals surface area contributed by atoms with Gasteiger partial charge in [0.25, 0.3) is 0 Å². The lowest BCUT2D eigenvalue weighted by molar-refractivity contribution is 0.116. The first-order valence-corrected chi connectivity index (χ1v) is 7.17. The maximum Gasteiger partial charge on any atom is 0.226 e. The van der Waals surface area contributed by atoms with Crippen LogP contribution in [0.25, 0.3) is 11.2 Å². The first-order chi connectivity index (χ1) is 9.78. The largest absolute Gasteiger partial charge is 0.391 e. The molecule has 0 saturated heterocycles. The Kier molecular flexibility index (Phi) is 3.68. The van der Waals surface area contributed by atoms with Crippen molar-refractivity contribution in [3.05, 3.63) is 6.33 Å². The molecule has 2 atom stereocenters. The highest BCUT2D eigenvalue weighted by Gasteiger charge is 2.24. The van der Waals surface area contributed by atoms with Gasteiger partial charge in [-0.05, 0) is 19.8 Å². The number of nitrogens with one attached hydrogen (secondary N) is 3. The third kappa shape index (κ3) is 2.53. The van der Waals surface area contributed by atoms with Crippen LogP contribution in [0.1, 0.15) is 32.6 Å². The van der Waals surface area contributed by atoms with Crippen molar-refractivity contribution < 1.29 is 5.11 Å². The van der Waals surface area contributed by atoms with Gasteiger partial charge >= 0.3 is 0 Å². The molecule has 20 heavy (non-hydrogen) atoms. The Balaban J connectivity index is 1.90. The number of aliphatic hydroxyl groups excluding tert-OH is 1. The predicted molar refractivity (Wildman–Crippen MR) is 77.7 cm³/mol. The smallest absolute Gasteiger partial charge is 0.226 e. The molecule has 4 N–H and O–H groups in total. The van der Waals surface area contributed by atoms with E-state index in [2.05, 4.69) is 30.6 Å². The van der Waals surface area contributed by atoms with Gasteiger partial charge < -0.3 is 20.7 Å². The summed E-state index contributed by atoms with van der Waals surface area (Å²) in [6.07, 6.45) is 5.31. The molecule has 2 aromatic rings. The minimum atomic E-state index is -0.320.